The Labute approximate surface area is 184 Å². The first-order valence-electron chi connectivity index (χ1n) is 10.3. The van der Waals surface area contributed by atoms with E-state index in [1.807, 2.05) is 0 Å². The predicted octanol–water partition coefficient (Wildman–Crippen LogP) is 3.58. The molecule has 0 aromatic heterocycles. The number of rotatable bonds is 5. The Hall–Kier alpha value is -3.20. The first-order valence-corrected chi connectivity index (χ1v) is 10.3. The lowest BCUT2D eigenvalue weighted by atomic mass is 9.94. The summed E-state index contributed by atoms with van der Waals surface area (Å²) in [7, 11) is 1.43. The predicted molar refractivity (Wildman–Crippen MR) is 114 cm³/mol. The Bertz CT molecular complexity index is 1060. The van der Waals surface area contributed by atoms with Crippen molar-refractivity contribution in [3.63, 3.8) is 0 Å². The maximum Gasteiger partial charge on any atom is 0.264 e. The van der Waals surface area contributed by atoms with Gasteiger partial charge in [-0.3, -0.25) is 4.79 Å². The third-order valence-electron chi connectivity index (χ3n) is 5.78. The Balaban J connectivity index is 1.77. The molecule has 0 saturated carbocycles. The molecule has 2 aromatic rings. The average Bonchev–Trinajstić information content (AvgIpc) is 3.21. The molecule has 0 aliphatic carbocycles. The molecule has 0 bridgehead atoms. The van der Waals surface area contributed by atoms with Crippen molar-refractivity contribution in [1.82, 2.24) is 4.90 Å². The van der Waals surface area contributed by atoms with Crippen LogP contribution in [-0.4, -0.2) is 61.1 Å². The molecule has 0 unspecified atom stereocenters. The number of aliphatic hydroxyl groups is 1. The van der Waals surface area contributed by atoms with Crippen LogP contribution < -0.4 is 9.47 Å². The Morgan fingerprint density at radius 3 is 2.66 bits per heavy atom. The van der Waals surface area contributed by atoms with Crippen molar-refractivity contribution in [2.75, 3.05) is 33.5 Å². The number of ether oxygens (including phenoxy) is 2. The zero-order chi connectivity index (χ0) is 22.8. The van der Waals surface area contributed by atoms with Gasteiger partial charge in [0.05, 0.1) is 30.5 Å². The van der Waals surface area contributed by atoms with E-state index >= 15 is 0 Å². The smallest absolute Gasteiger partial charge is 0.264 e. The largest absolute Gasteiger partial charge is 0.485 e. The van der Waals surface area contributed by atoms with E-state index in [0.717, 1.165) is 0 Å². The number of alkyl halides is 2. The summed E-state index contributed by atoms with van der Waals surface area (Å²) in [6.07, 6.45) is -2.19. The molecule has 32 heavy (non-hydrogen) atoms. The number of carbonyl (C=O) groups is 1. The molecule has 2 aliphatic rings. The summed E-state index contributed by atoms with van der Waals surface area (Å²) in [5, 5.41) is 13.7. The summed E-state index contributed by atoms with van der Waals surface area (Å²) in [5.41, 5.74) is 2.50. The lowest BCUT2D eigenvalue weighted by molar-refractivity contribution is 0.0670. The van der Waals surface area contributed by atoms with E-state index in [9.17, 15) is 18.7 Å². The van der Waals surface area contributed by atoms with Gasteiger partial charge in [0.1, 0.15) is 20.3 Å². The van der Waals surface area contributed by atoms with Crippen LogP contribution in [0.1, 0.15) is 34.3 Å². The number of hydrogen-bond acceptors (Lipinski definition) is 6. The standard InChI is InChI=1S/C23H24F2N2O5/c1-13-16(4-3-5-17(13)22(24)25)18-6-7-19(21-20(18)31-8-9-32-21)23(29)27-11-14(26-30-2)10-15(27)12-28/h3-7,15,22,28H,8-12H2,1-2H3/b26-14+/t15-/m0/s1. The highest BCUT2D eigenvalue weighted by atomic mass is 19.3. The van der Waals surface area contributed by atoms with E-state index < -0.39 is 12.5 Å². The fraction of sp³-hybridized carbons (Fsp3) is 0.391. The van der Waals surface area contributed by atoms with Crippen LogP contribution in [0.3, 0.4) is 0 Å². The van der Waals surface area contributed by atoms with Gasteiger partial charge in [0, 0.05) is 17.5 Å². The van der Waals surface area contributed by atoms with Gasteiger partial charge in [-0.25, -0.2) is 8.78 Å². The summed E-state index contributed by atoms with van der Waals surface area (Å²) in [5.74, 6) is 0.285. The Morgan fingerprint density at radius 1 is 1.22 bits per heavy atom. The molecule has 0 radical (unpaired) electrons. The van der Waals surface area contributed by atoms with Crippen molar-refractivity contribution >= 4 is 11.6 Å². The van der Waals surface area contributed by atoms with Crippen LogP contribution in [0.15, 0.2) is 35.5 Å². The van der Waals surface area contributed by atoms with Crippen molar-refractivity contribution in [3.05, 3.63) is 47.0 Å². The molecule has 2 heterocycles. The number of halogens is 2. The number of hydrogen-bond donors (Lipinski definition) is 1. The summed E-state index contributed by atoms with van der Waals surface area (Å²) in [4.78, 5) is 19.7. The summed E-state index contributed by atoms with van der Waals surface area (Å²) in [6.45, 7) is 2.18. The number of oxime groups is 1. The highest BCUT2D eigenvalue weighted by molar-refractivity contribution is 6.03. The molecule has 7 nitrogen and oxygen atoms in total. The van der Waals surface area contributed by atoms with Crippen LogP contribution in [0.4, 0.5) is 8.78 Å². The van der Waals surface area contributed by atoms with Crippen LogP contribution in [-0.2, 0) is 4.84 Å². The quantitative estimate of drug-likeness (QED) is 0.711. The number of nitrogens with zero attached hydrogens (tertiary/aromatic N) is 2. The van der Waals surface area contributed by atoms with E-state index in [0.29, 0.717) is 34.6 Å². The van der Waals surface area contributed by atoms with Gasteiger partial charge in [-0.2, -0.15) is 0 Å². The average molecular weight is 446 g/mol. The van der Waals surface area contributed by atoms with Gasteiger partial charge in [-0.15, -0.1) is 0 Å². The normalized spacial score (nSPS) is 19.0. The van der Waals surface area contributed by atoms with Gasteiger partial charge in [0.15, 0.2) is 11.5 Å². The highest BCUT2D eigenvalue weighted by Gasteiger charge is 2.36. The van der Waals surface area contributed by atoms with E-state index in [2.05, 4.69) is 5.16 Å². The third-order valence-corrected chi connectivity index (χ3v) is 5.78. The van der Waals surface area contributed by atoms with Crippen LogP contribution in [0.5, 0.6) is 11.5 Å². The second-order valence-corrected chi connectivity index (χ2v) is 7.65. The van der Waals surface area contributed by atoms with E-state index in [1.165, 1.54) is 18.1 Å². The molecule has 2 aromatic carbocycles. The van der Waals surface area contributed by atoms with Crippen molar-refractivity contribution < 1.29 is 33.0 Å². The minimum Gasteiger partial charge on any atom is -0.485 e. The lowest BCUT2D eigenvalue weighted by Gasteiger charge is -2.27. The van der Waals surface area contributed by atoms with Gasteiger partial charge in [0.2, 0.25) is 0 Å². The topological polar surface area (TPSA) is 80.6 Å². The van der Waals surface area contributed by atoms with Crippen molar-refractivity contribution in [2.24, 2.45) is 5.16 Å². The van der Waals surface area contributed by atoms with Crippen molar-refractivity contribution in [2.45, 2.75) is 25.8 Å². The number of amides is 1. The van der Waals surface area contributed by atoms with Crippen LogP contribution in [0.25, 0.3) is 11.1 Å². The van der Waals surface area contributed by atoms with Gasteiger partial charge in [0.25, 0.3) is 12.3 Å². The van der Waals surface area contributed by atoms with Crippen molar-refractivity contribution in [3.8, 4) is 22.6 Å². The molecule has 2 aliphatic heterocycles. The molecule has 1 saturated heterocycles. The molecule has 1 atom stereocenters. The Morgan fingerprint density at radius 2 is 1.97 bits per heavy atom. The molecule has 170 valence electrons. The first kappa shape index (κ1) is 22.0. The second kappa shape index (κ2) is 9.12. The molecular formula is C23H24F2N2O5. The SMILES string of the molecule is CO/N=C1\C[C@@H](CO)N(C(=O)c2ccc(-c3cccc(C(F)F)c3C)c3c2OCCO3)C1. The molecule has 1 N–H and O–H groups in total. The number of likely N-dealkylation sites (tertiary alicyclic amines) is 1. The number of aliphatic hydroxyl groups excluding tert-OH is 1. The fourth-order valence-electron chi connectivity index (χ4n) is 4.22. The molecule has 1 amide bonds. The number of carbonyl (C=O) groups excluding carboxylic acids is 1. The van der Waals surface area contributed by atoms with E-state index in [4.69, 9.17) is 14.3 Å². The molecule has 9 heteroatoms. The van der Waals surface area contributed by atoms with E-state index in [-0.39, 0.29) is 49.1 Å². The van der Waals surface area contributed by atoms with Crippen molar-refractivity contribution in [1.29, 1.82) is 0 Å². The van der Waals surface area contributed by atoms with Gasteiger partial charge < -0.3 is 24.3 Å². The first-order chi connectivity index (χ1) is 15.5. The zero-order valence-electron chi connectivity index (χ0n) is 17.8. The van der Waals surface area contributed by atoms with Crippen LogP contribution in [0.2, 0.25) is 0 Å². The van der Waals surface area contributed by atoms with Crippen LogP contribution >= 0.6 is 0 Å². The minimum atomic E-state index is -2.60. The summed E-state index contributed by atoms with van der Waals surface area (Å²) in [6, 6.07) is 7.58. The molecule has 4 rings (SSSR count). The third kappa shape index (κ3) is 3.88. The molecular weight excluding hydrogens is 422 g/mol. The minimum absolute atomic E-state index is 0.0547. The number of benzene rings is 2. The van der Waals surface area contributed by atoms with Gasteiger partial charge >= 0.3 is 0 Å². The van der Waals surface area contributed by atoms with Gasteiger partial charge in [-0.1, -0.05) is 23.4 Å². The second-order valence-electron chi connectivity index (χ2n) is 7.65. The highest BCUT2D eigenvalue weighted by Crippen LogP contribution is 2.45. The monoisotopic (exact) mass is 446 g/mol. The molecule has 0 spiro atoms. The maximum atomic E-state index is 13.4. The van der Waals surface area contributed by atoms with Gasteiger partial charge in [-0.05, 0) is 30.2 Å². The fourth-order valence-corrected chi connectivity index (χ4v) is 4.22. The molecule has 1 fully saturated rings. The lowest BCUT2D eigenvalue weighted by Crippen LogP contribution is -2.38. The summed E-state index contributed by atoms with van der Waals surface area (Å²) < 4.78 is 38.5. The number of fused-ring (bicyclic) bond motifs is 1. The van der Waals surface area contributed by atoms with E-state index in [1.54, 1.807) is 31.2 Å². The summed E-state index contributed by atoms with van der Waals surface area (Å²) >= 11 is 0. The maximum absolute atomic E-state index is 13.4. The van der Waals surface area contributed by atoms with Crippen LogP contribution in [0, 0.1) is 6.92 Å². The zero-order valence-corrected chi connectivity index (χ0v) is 17.8. The Kier molecular flexibility index (Phi) is 6.27.